The van der Waals surface area contributed by atoms with Crippen LogP contribution in [0.4, 0.5) is 0 Å². The highest BCUT2D eigenvalue weighted by molar-refractivity contribution is 3.93. The number of hydrogen-bond acceptors (Lipinski definition) is 13. The smallest absolute Gasteiger partial charge is 0.0559 e. The molecular formula is H3N5O11. The Labute approximate surface area is 83.6 Å². The third kappa shape index (κ3) is 9.13. The van der Waals surface area contributed by atoms with E-state index in [1.165, 1.54) is 0 Å². The van der Waals surface area contributed by atoms with Gasteiger partial charge in [-0.2, -0.15) is 5.53 Å². The van der Waals surface area contributed by atoms with Crippen molar-refractivity contribution < 1.29 is 55.8 Å². The van der Waals surface area contributed by atoms with E-state index < -0.39 is 0 Å². The minimum absolute atomic E-state index is 0.169. The monoisotopic (exact) mass is 249 g/mol. The van der Waals surface area contributed by atoms with E-state index in [4.69, 9.17) is 16.0 Å². The lowest BCUT2D eigenvalue weighted by molar-refractivity contribution is -0.815. The van der Waals surface area contributed by atoms with Crippen molar-refractivity contribution in [2.75, 3.05) is 0 Å². The molecule has 0 spiro atoms. The Morgan fingerprint density at radius 1 is 0.875 bits per heavy atom. The molecular weight excluding hydrogens is 246 g/mol. The normalized spacial score (nSPS) is 10.9. The summed E-state index contributed by atoms with van der Waals surface area (Å²) < 4.78 is 0. The molecule has 0 aliphatic carbocycles. The van der Waals surface area contributed by atoms with E-state index in [-0.39, 0.29) is 5.34 Å². The average molecular weight is 249 g/mol. The zero-order valence-corrected chi connectivity index (χ0v) is 6.86. The van der Waals surface area contributed by atoms with Gasteiger partial charge in [0.1, 0.15) is 0 Å². The van der Waals surface area contributed by atoms with Crippen molar-refractivity contribution in [3.63, 3.8) is 0 Å². The van der Waals surface area contributed by atoms with Crippen molar-refractivity contribution in [3.8, 4) is 0 Å². The SMILES string of the molecule is N=N/N=N/N(OOOOO)OOOOOO. The van der Waals surface area contributed by atoms with Gasteiger partial charge in [0.25, 0.3) is 0 Å². The van der Waals surface area contributed by atoms with Crippen LogP contribution in [-0.4, -0.2) is 15.8 Å². The van der Waals surface area contributed by atoms with Crippen LogP contribution in [0.1, 0.15) is 0 Å². The molecule has 16 heavy (non-hydrogen) atoms. The molecule has 0 unspecified atom stereocenters. The van der Waals surface area contributed by atoms with Gasteiger partial charge in [-0.15, -0.1) is 0 Å². The molecule has 0 aromatic rings. The second-order valence-corrected chi connectivity index (χ2v) is 1.16. The van der Waals surface area contributed by atoms with Crippen LogP contribution < -0.4 is 0 Å². The fourth-order valence-electron chi connectivity index (χ4n) is 0.208. The van der Waals surface area contributed by atoms with Crippen LogP contribution in [-0.2, 0) is 45.2 Å². The van der Waals surface area contributed by atoms with Gasteiger partial charge in [-0.05, 0) is 55.7 Å². The maximum atomic E-state index is 7.59. The van der Waals surface area contributed by atoms with Crippen LogP contribution in [0.3, 0.4) is 0 Å². The van der Waals surface area contributed by atoms with E-state index >= 15 is 0 Å². The lowest BCUT2D eigenvalue weighted by Crippen LogP contribution is -2.19. The van der Waals surface area contributed by atoms with Gasteiger partial charge in [-0.3, -0.25) is 0 Å². The van der Waals surface area contributed by atoms with Crippen LogP contribution in [0.2, 0.25) is 0 Å². The molecule has 94 valence electrons. The molecule has 0 saturated carbocycles. The predicted molar refractivity (Wildman–Crippen MR) is 26.9 cm³/mol. The third-order valence-corrected chi connectivity index (χ3v) is 0.490. The standard InChI is InChI=1S/H3N5O11/c1-2-3-4-5(8-12-14-10-6)9-13-16-15-11-7/h1,6-7H/b2-1?,4-3+. The van der Waals surface area contributed by atoms with Crippen LogP contribution in [0, 0.1) is 5.53 Å². The van der Waals surface area contributed by atoms with E-state index in [1.807, 2.05) is 0 Å². The van der Waals surface area contributed by atoms with Crippen LogP contribution in [0.5, 0.6) is 0 Å². The minimum Gasteiger partial charge on any atom is -0.219 e. The van der Waals surface area contributed by atoms with Crippen LogP contribution >= 0.6 is 0 Å². The zero-order chi connectivity index (χ0) is 12.1. The summed E-state index contributed by atoms with van der Waals surface area (Å²) in [6.07, 6.45) is 0. The summed E-state index contributed by atoms with van der Waals surface area (Å²) in [5, 5.41) is 45.7. The molecule has 3 N–H and O–H groups in total. The quantitative estimate of drug-likeness (QED) is 0.191. The topological polar surface area (TPSA) is 188 Å². The molecule has 0 atom stereocenters. The molecule has 0 amide bonds. The lowest BCUT2D eigenvalue weighted by Gasteiger charge is -2.07. The van der Waals surface area contributed by atoms with E-state index in [0.29, 0.717) is 0 Å². The molecule has 16 heteroatoms. The molecule has 16 nitrogen and oxygen atoms in total. The Bertz CT molecular complexity index is 181. The first-order valence-electron chi connectivity index (χ1n) is 2.72. The Morgan fingerprint density at radius 2 is 1.44 bits per heavy atom. The summed E-state index contributed by atoms with van der Waals surface area (Å²) in [4.78, 5) is 7.62. The van der Waals surface area contributed by atoms with Crippen LogP contribution in [0.15, 0.2) is 15.7 Å². The Balaban J connectivity index is 3.71. The molecule has 0 aliphatic heterocycles. The number of nitrogens with zero attached hydrogens (tertiary/aromatic N) is 4. The Hall–Kier alpha value is -1.44. The Morgan fingerprint density at radius 3 is 2.00 bits per heavy atom. The average Bonchev–Trinajstić information content (AvgIpc) is 2.31. The van der Waals surface area contributed by atoms with Crippen molar-refractivity contribution in [3.05, 3.63) is 0 Å². The van der Waals surface area contributed by atoms with Crippen molar-refractivity contribution in [2.45, 2.75) is 0 Å². The summed E-state index contributed by atoms with van der Waals surface area (Å²) in [5.74, 6) is 0. The van der Waals surface area contributed by atoms with Crippen molar-refractivity contribution in [2.24, 2.45) is 15.7 Å². The summed E-state index contributed by atoms with van der Waals surface area (Å²) in [7, 11) is 0. The first-order valence-corrected chi connectivity index (χ1v) is 2.72. The number of hydrogen-bond donors (Lipinski definition) is 3. The summed E-state index contributed by atoms with van der Waals surface area (Å²) in [5.41, 5.74) is 6.19. The zero-order valence-electron chi connectivity index (χ0n) is 6.86. The van der Waals surface area contributed by atoms with E-state index in [9.17, 15) is 0 Å². The van der Waals surface area contributed by atoms with Gasteiger partial charge in [0.05, 0.1) is 5.34 Å². The number of rotatable bonds is 11. The Kier molecular flexibility index (Phi) is 10.6. The lowest BCUT2D eigenvalue weighted by atomic mass is 12.4. The highest BCUT2D eigenvalue weighted by Gasteiger charge is 2.08. The van der Waals surface area contributed by atoms with Crippen molar-refractivity contribution >= 4 is 0 Å². The summed E-state index contributed by atoms with van der Waals surface area (Å²) in [6, 6.07) is 0. The molecule has 0 rings (SSSR count). The molecule has 0 bridgehead atoms. The van der Waals surface area contributed by atoms with Gasteiger partial charge < -0.3 is 0 Å². The molecule has 0 heterocycles. The van der Waals surface area contributed by atoms with Gasteiger partial charge in [0, 0.05) is 5.22 Å². The fraction of sp³-hybridized carbons (Fsp3) is 0. The minimum atomic E-state index is -0.169. The molecule has 0 aromatic carbocycles. The number of nitrogens with one attached hydrogen (secondary N) is 1. The van der Waals surface area contributed by atoms with Gasteiger partial charge in [0.2, 0.25) is 0 Å². The van der Waals surface area contributed by atoms with E-state index in [2.05, 4.69) is 60.9 Å². The van der Waals surface area contributed by atoms with E-state index in [0.717, 1.165) is 0 Å². The third-order valence-electron chi connectivity index (χ3n) is 0.490. The molecule has 0 radical (unpaired) electrons. The van der Waals surface area contributed by atoms with Crippen LogP contribution in [0.25, 0.3) is 0 Å². The van der Waals surface area contributed by atoms with E-state index in [1.54, 1.807) is 0 Å². The van der Waals surface area contributed by atoms with Gasteiger partial charge in [-0.1, -0.05) is 0 Å². The maximum absolute atomic E-state index is 7.59. The predicted octanol–water partition coefficient (Wildman–Crippen LogP) is -0.0680. The first-order chi connectivity index (χ1) is 7.85. The highest BCUT2D eigenvalue weighted by Crippen LogP contribution is 1.98. The first kappa shape index (κ1) is 14.6. The van der Waals surface area contributed by atoms with Crippen molar-refractivity contribution in [1.29, 1.82) is 5.53 Å². The molecule has 0 saturated heterocycles. The maximum Gasteiger partial charge on any atom is 0.0559 e. The van der Waals surface area contributed by atoms with Crippen molar-refractivity contribution in [1.82, 2.24) is 5.34 Å². The molecule has 0 aromatic heterocycles. The fourth-order valence-corrected chi connectivity index (χ4v) is 0.208. The largest absolute Gasteiger partial charge is 0.219 e. The second kappa shape index (κ2) is 11.6. The molecule has 0 fully saturated rings. The molecule has 0 aliphatic rings. The van der Waals surface area contributed by atoms with Gasteiger partial charge >= 0.3 is 0 Å². The van der Waals surface area contributed by atoms with Gasteiger partial charge in [-0.25, -0.2) is 10.5 Å². The summed E-state index contributed by atoms with van der Waals surface area (Å²) >= 11 is 0. The second-order valence-electron chi connectivity index (χ2n) is 1.16. The van der Waals surface area contributed by atoms with Gasteiger partial charge in [0.15, 0.2) is 0 Å². The summed E-state index contributed by atoms with van der Waals surface area (Å²) in [6.45, 7) is 0. The highest BCUT2D eigenvalue weighted by atomic mass is 17.8.